The number of hydrogen-bond acceptors (Lipinski definition) is 5. The van der Waals surface area contributed by atoms with Gasteiger partial charge in [-0.15, -0.1) is 0 Å². The smallest absolute Gasteiger partial charge is 0.407 e. The molecule has 1 aromatic heterocycles. The third-order valence-corrected chi connectivity index (χ3v) is 2.65. The number of alkyl carbamates (subject to hydrolysis) is 1. The number of ether oxygens (including phenoxy) is 1. The summed E-state index contributed by atoms with van der Waals surface area (Å²) in [4.78, 5) is 19.9. The number of hydrogen-bond donors (Lipinski definition) is 2. The SMILES string of the molecule is CC(C)(C)OC(=O)NCC(C)(CN)c1cnccn1. The average Bonchev–Trinajstić information content (AvgIpc) is 2.35. The van der Waals surface area contributed by atoms with Crippen molar-refractivity contribution in [3.8, 4) is 0 Å². The van der Waals surface area contributed by atoms with Crippen LogP contribution in [-0.4, -0.2) is 34.8 Å². The van der Waals surface area contributed by atoms with Crippen LogP contribution in [0.4, 0.5) is 4.79 Å². The predicted molar refractivity (Wildman–Crippen MR) is 72.7 cm³/mol. The first-order valence-electron chi connectivity index (χ1n) is 6.20. The fourth-order valence-corrected chi connectivity index (χ4v) is 1.46. The molecule has 0 aliphatic carbocycles. The van der Waals surface area contributed by atoms with Gasteiger partial charge in [0.05, 0.1) is 5.69 Å². The zero-order chi connectivity index (χ0) is 14.5. The van der Waals surface area contributed by atoms with E-state index >= 15 is 0 Å². The molecule has 0 radical (unpaired) electrons. The van der Waals surface area contributed by atoms with Crippen molar-refractivity contribution in [3.63, 3.8) is 0 Å². The maximum Gasteiger partial charge on any atom is 0.407 e. The zero-order valence-corrected chi connectivity index (χ0v) is 11.9. The Hall–Kier alpha value is -1.69. The van der Waals surface area contributed by atoms with E-state index in [9.17, 15) is 4.79 Å². The van der Waals surface area contributed by atoms with Gasteiger partial charge in [-0.1, -0.05) is 6.92 Å². The van der Waals surface area contributed by atoms with E-state index in [1.165, 1.54) is 0 Å². The minimum Gasteiger partial charge on any atom is -0.444 e. The van der Waals surface area contributed by atoms with Crippen LogP contribution in [0.1, 0.15) is 33.4 Å². The molecule has 1 aromatic rings. The molecular formula is C13H22N4O2. The molecule has 1 atom stereocenters. The van der Waals surface area contributed by atoms with Crippen LogP contribution in [-0.2, 0) is 10.2 Å². The molecule has 3 N–H and O–H groups in total. The zero-order valence-electron chi connectivity index (χ0n) is 11.9. The molecule has 1 amide bonds. The van der Waals surface area contributed by atoms with Gasteiger partial charge in [-0.25, -0.2) is 4.79 Å². The van der Waals surface area contributed by atoms with Crippen molar-refractivity contribution < 1.29 is 9.53 Å². The van der Waals surface area contributed by atoms with Crippen molar-refractivity contribution in [3.05, 3.63) is 24.3 Å². The van der Waals surface area contributed by atoms with E-state index in [1.807, 2.05) is 27.7 Å². The Bertz CT molecular complexity index is 416. The lowest BCUT2D eigenvalue weighted by Gasteiger charge is -2.28. The molecule has 0 aliphatic rings. The summed E-state index contributed by atoms with van der Waals surface area (Å²) in [6, 6.07) is 0. The van der Waals surface area contributed by atoms with Crippen molar-refractivity contribution in [2.24, 2.45) is 5.73 Å². The van der Waals surface area contributed by atoms with Crippen LogP contribution < -0.4 is 11.1 Å². The second-order valence-electron chi connectivity index (χ2n) is 5.71. The Kier molecular flexibility index (Phi) is 4.83. The molecule has 0 saturated heterocycles. The van der Waals surface area contributed by atoms with E-state index in [2.05, 4.69) is 15.3 Å². The minimum absolute atomic E-state index is 0.344. The summed E-state index contributed by atoms with van der Waals surface area (Å²) in [7, 11) is 0. The summed E-state index contributed by atoms with van der Waals surface area (Å²) in [5.41, 5.74) is 5.55. The Morgan fingerprint density at radius 1 is 1.37 bits per heavy atom. The van der Waals surface area contributed by atoms with Crippen molar-refractivity contribution in [2.45, 2.75) is 38.7 Å². The second kappa shape index (κ2) is 5.97. The Morgan fingerprint density at radius 3 is 2.53 bits per heavy atom. The largest absolute Gasteiger partial charge is 0.444 e. The van der Waals surface area contributed by atoms with E-state index in [1.54, 1.807) is 18.6 Å². The van der Waals surface area contributed by atoms with Crippen molar-refractivity contribution in [1.82, 2.24) is 15.3 Å². The first kappa shape index (κ1) is 15.4. The third-order valence-electron chi connectivity index (χ3n) is 2.65. The molecule has 0 spiro atoms. The van der Waals surface area contributed by atoms with Crippen molar-refractivity contribution in [2.75, 3.05) is 13.1 Å². The van der Waals surface area contributed by atoms with E-state index in [0.29, 0.717) is 13.1 Å². The van der Waals surface area contributed by atoms with Gasteiger partial charge in [-0.05, 0) is 20.8 Å². The molecule has 6 nitrogen and oxygen atoms in total. The van der Waals surface area contributed by atoms with Gasteiger partial charge in [0.1, 0.15) is 5.60 Å². The highest BCUT2D eigenvalue weighted by molar-refractivity contribution is 5.67. The quantitative estimate of drug-likeness (QED) is 0.855. The molecule has 1 heterocycles. The average molecular weight is 266 g/mol. The maximum atomic E-state index is 11.6. The second-order valence-corrected chi connectivity index (χ2v) is 5.71. The van der Waals surface area contributed by atoms with Crippen LogP contribution in [0.3, 0.4) is 0 Å². The highest BCUT2D eigenvalue weighted by Gasteiger charge is 2.28. The molecule has 0 saturated carbocycles. The molecule has 0 aliphatic heterocycles. The summed E-state index contributed by atoms with van der Waals surface area (Å²) >= 11 is 0. The molecule has 0 aromatic carbocycles. The van der Waals surface area contributed by atoms with Crippen LogP contribution in [0.25, 0.3) is 0 Å². The standard InChI is InChI=1S/C13H22N4O2/c1-12(2,3)19-11(18)17-9-13(4,8-14)10-7-15-5-6-16-10/h5-7H,8-9,14H2,1-4H3,(H,17,18). The lowest BCUT2D eigenvalue weighted by Crippen LogP contribution is -2.45. The number of rotatable bonds is 4. The van der Waals surface area contributed by atoms with Crippen LogP contribution in [0.5, 0.6) is 0 Å². The number of amides is 1. The molecule has 0 bridgehead atoms. The molecular weight excluding hydrogens is 244 g/mol. The number of nitrogens with zero attached hydrogens (tertiary/aromatic N) is 2. The maximum absolute atomic E-state index is 11.6. The highest BCUT2D eigenvalue weighted by atomic mass is 16.6. The lowest BCUT2D eigenvalue weighted by atomic mass is 9.87. The predicted octanol–water partition coefficient (Wildman–Crippen LogP) is 1.22. The molecule has 1 unspecified atom stereocenters. The minimum atomic E-state index is -0.518. The summed E-state index contributed by atoms with van der Waals surface area (Å²) in [5, 5.41) is 2.72. The lowest BCUT2D eigenvalue weighted by molar-refractivity contribution is 0.0516. The van der Waals surface area contributed by atoms with Crippen molar-refractivity contribution in [1.29, 1.82) is 0 Å². The molecule has 106 valence electrons. The van der Waals surface area contributed by atoms with Crippen LogP contribution in [0.15, 0.2) is 18.6 Å². The van der Waals surface area contributed by atoms with E-state index in [4.69, 9.17) is 10.5 Å². The van der Waals surface area contributed by atoms with Gasteiger partial charge in [-0.2, -0.15) is 0 Å². The van der Waals surface area contributed by atoms with Gasteiger partial charge >= 0.3 is 6.09 Å². The fourth-order valence-electron chi connectivity index (χ4n) is 1.46. The summed E-state index contributed by atoms with van der Waals surface area (Å²) in [6.07, 6.45) is 4.40. The van der Waals surface area contributed by atoms with Gasteiger partial charge in [-0.3, -0.25) is 9.97 Å². The van der Waals surface area contributed by atoms with E-state index in [0.717, 1.165) is 5.69 Å². The number of aromatic nitrogens is 2. The Labute approximate surface area is 113 Å². The third kappa shape index (κ3) is 4.82. The Morgan fingerprint density at radius 2 is 2.05 bits per heavy atom. The van der Waals surface area contributed by atoms with Gasteiger partial charge in [0, 0.05) is 37.1 Å². The van der Waals surface area contributed by atoms with Gasteiger partial charge < -0.3 is 15.8 Å². The van der Waals surface area contributed by atoms with Gasteiger partial charge in [0.25, 0.3) is 0 Å². The number of nitrogens with one attached hydrogen (secondary N) is 1. The first-order chi connectivity index (χ1) is 8.77. The Balaban J connectivity index is 2.65. The summed E-state index contributed by atoms with van der Waals surface area (Å²) in [5.74, 6) is 0. The molecule has 0 fully saturated rings. The number of carbonyl (C=O) groups excluding carboxylic acids is 1. The van der Waals surface area contributed by atoms with Crippen LogP contribution >= 0.6 is 0 Å². The highest BCUT2D eigenvalue weighted by Crippen LogP contribution is 2.18. The topological polar surface area (TPSA) is 90.1 Å². The molecule has 19 heavy (non-hydrogen) atoms. The van der Waals surface area contributed by atoms with E-state index < -0.39 is 17.1 Å². The van der Waals surface area contributed by atoms with Crippen molar-refractivity contribution >= 4 is 6.09 Å². The normalized spacial score (nSPS) is 14.6. The monoisotopic (exact) mass is 266 g/mol. The van der Waals surface area contributed by atoms with Crippen LogP contribution in [0, 0.1) is 0 Å². The van der Waals surface area contributed by atoms with E-state index in [-0.39, 0.29) is 0 Å². The van der Waals surface area contributed by atoms with Crippen LogP contribution in [0.2, 0.25) is 0 Å². The first-order valence-corrected chi connectivity index (χ1v) is 6.20. The molecule has 6 heteroatoms. The van der Waals surface area contributed by atoms with Gasteiger partial charge in [0.2, 0.25) is 0 Å². The van der Waals surface area contributed by atoms with Gasteiger partial charge in [0.15, 0.2) is 0 Å². The molecule has 1 rings (SSSR count). The summed E-state index contributed by atoms with van der Waals surface area (Å²) < 4.78 is 5.19. The number of carbonyl (C=O) groups is 1. The fraction of sp³-hybridized carbons (Fsp3) is 0.615. The summed E-state index contributed by atoms with van der Waals surface area (Å²) in [6.45, 7) is 8.07. The number of nitrogens with two attached hydrogens (primary N) is 1.